The summed E-state index contributed by atoms with van der Waals surface area (Å²) in [6.07, 6.45) is 3.90. The van der Waals surface area contributed by atoms with Crippen molar-refractivity contribution in [2.45, 2.75) is 45.2 Å². The van der Waals surface area contributed by atoms with Gasteiger partial charge in [-0.15, -0.1) is 0 Å². The number of fused-ring (bicyclic) bond motifs is 1. The second-order valence-corrected chi connectivity index (χ2v) is 7.20. The molecule has 26 heavy (non-hydrogen) atoms. The zero-order valence-corrected chi connectivity index (χ0v) is 14.7. The van der Waals surface area contributed by atoms with Crippen LogP contribution in [0.5, 0.6) is 0 Å². The van der Waals surface area contributed by atoms with Gasteiger partial charge in [0.1, 0.15) is 11.6 Å². The molecule has 0 spiro atoms. The van der Waals surface area contributed by atoms with Gasteiger partial charge >= 0.3 is 6.03 Å². The van der Waals surface area contributed by atoms with Crippen LogP contribution in [-0.2, 0) is 25.8 Å². The van der Waals surface area contributed by atoms with E-state index < -0.39 is 0 Å². The molecule has 0 bridgehead atoms. The van der Waals surface area contributed by atoms with Gasteiger partial charge in [-0.2, -0.15) is 5.10 Å². The summed E-state index contributed by atoms with van der Waals surface area (Å²) in [6.45, 7) is 2.57. The molecule has 0 fully saturated rings. The molecule has 0 saturated carbocycles. The van der Waals surface area contributed by atoms with Crippen LogP contribution < -0.4 is 10.6 Å². The van der Waals surface area contributed by atoms with E-state index in [4.69, 9.17) is 0 Å². The first kappa shape index (κ1) is 15.4. The Kier molecular flexibility index (Phi) is 3.45. The Morgan fingerprint density at radius 3 is 2.88 bits per heavy atom. The zero-order chi connectivity index (χ0) is 17.7. The molecule has 6 nitrogen and oxygen atoms in total. The number of hydrogen-bond acceptors (Lipinski definition) is 3. The maximum atomic E-state index is 12.6. The minimum atomic E-state index is -0.158. The summed E-state index contributed by atoms with van der Waals surface area (Å²) in [5.74, 6) is 1.80. The number of hydrogen-bond donors (Lipinski definition) is 2. The van der Waals surface area contributed by atoms with E-state index in [-0.39, 0.29) is 12.1 Å². The van der Waals surface area contributed by atoms with Gasteiger partial charge in [0.2, 0.25) is 0 Å². The quantitative estimate of drug-likeness (QED) is 0.749. The lowest BCUT2D eigenvalue weighted by Crippen LogP contribution is -2.43. The average Bonchev–Trinajstić information content (AvgIpc) is 3.20. The number of amides is 2. The van der Waals surface area contributed by atoms with E-state index in [1.165, 1.54) is 16.5 Å². The normalized spacial score (nSPS) is 18.0. The number of anilines is 1. The summed E-state index contributed by atoms with van der Waals surface area (Å²) >= 11 is 0. The van der Waals surface area contributed by atoms with Crippen molar-refractivity contribution in [2.24, 2.45) is 0 Å². The van der Waals surface area contributed by atoms with E-state index in [9.17, 15) is 4.79 Å². The average molecular weight is 347 g/mol. The first-order valence-corrected chi connectivity index (χ1v) is 9.19. The van der Waals surface area contributed by atoms with Crippen LogP contribution in [-0.4, -0.2) is 26.8 Å². The Morgan fingerprint density at radius 1 is 1.15 bits per heavy atom. The summed E-state index contributed by atoms with van der Waals surface area (Å²) < 4.78 is 1.91. The second-order valence-electron chi connectivity index (χ2n) is 7.20. The van der Waals surface area contributed by atoms with Gasteiger partial charge in [-0.25, -0.2) is 14.5 Å². The first-order valence-electron chi connectivity index (χ1n) is 9.19. The van der Waals surface area contributed by atoms with E-state index in [2.05, 4.69) is 45.0 Å². The largest absolute Gasteiger partial charge is 0.333 e. The molecule has 1 atom stereocenters. The maximum Gasteiger partial charge on any atom is 0.319 e. The predicted molar refractivity (Wildman–Crippen MR) is 100 cm³/mol. The van der Waals surface area contributed by atoms with Gasteiger partial charge in [-0.1, -0.05) is 24.3 Å². The molecule has 2 aromatic carbocycles. The summed E-state index contributed by atoms with van der Waals surface area (Å²) in [4.78, 5) is 17.0. The summed E-state index contributed by atoms with van der Waals surface area (Å²) in [5.41, 5.74) is 3.63. The Hall–Kier alpha value is -2.89. The number of carbonyl (C=O) groups is 1. The van der Waals surface area contributed by atoms with Gasteiger partial charge in [0.25, 0.3) is 0 Å². The van der Waals surface area contributed by atoms with E-state index in [1.54, 1.807) is 0 Å². The number of rotatable bonds is 2. The minimum absolute atomic E-state index is 0.0698. The number of aryl methyl sites for hydroxylation is 4. The first-order chi connectivity index (χ1) is 12.7. The van der Waals surface area contributed by atoms with Crippen molar-refractivity contribution in [3.05, 3.63) is 53.1 Å². The van der Waals surface area contributed by atoms with Crippen LogP contribution in [0.15, 0.2) is 30.3 Å². The molecule has 1 unspecified atom stereocenters. The Morgan fingerprint density at radius 2 is 2.00 bits per heavy atom. The number of urea groups is 1. The van der Waals surface area contributed by atoms with Crippen LogP contribution in [0.3, 0.4) is 0 Å². The minimum Gasteiger partial charge on any atom is -0.333 e. The fourth-order valence-electron chi connectivity index (χ4n) is 4.25. The highest BCUT2D eigenvalue weighted by Gasteiger charge is 2.23. The fourth-order valence-corrected chi connectivity index (χ4v) is 4.25. The summed E-state index contributed by atoms with van der Waals surface area (Å²) in [6, 6.07) is 10.4. The second kappa shape index (κ2) is 5.83. The number of nitrogens with zero attached hydrogens (tertiary/aromatic N) is 3. The highest BCUT2D eigenvalue weighted by atomic mass is 16.2. The van der Waals surface area contributed by atoms with Crippen molar-refractivity contribution in [2.75, 3.05) is 5.32 Å². The third-order valence-electron chi connectivity index (χ3n) is 5.42. The van der Waals surface area contributed by atoms with Crippen LogP contribution in [0.25, 0.3) is 10.8 Å². The van der Waals surface area contributed by atoms with Crippen molar-refractivity contribution >= 4 is 22.5 Å². The van der Waals surface area contributed by atoms with Crippen molar-refractivity contribution in [1.29, 1.82) is 0 Å². The number of nitrogens with one attached hydrogen (secondary N) is 2. The predicted octanol–water partition coefficient (Wildman–Crippen LogP) is 2.97. The number of benzene rings is 2. The summed E-state index contributed by atoms with van der Waals surface area (Å²) in [7, 11) is 0. The van der Waals surface area contributed by atoms with Crippen LogP contribution in [0.4, 0.5) is 10.5 Å². The van der Waals surface area contributed by atoms with Gasteiger partial charge in [-0.3, -0.25) is 0 Å². The zero-order valence-electron chi connectivity index (χ0n) is 14.7. The monoisotopic (exact) mass is 347 g/mol. The van der Waals surface area contributed by atoms with Crippen LogP contribution in [0, 0.1) is 6.92 Å². The highest BCUT2D eigenvalue weighted by molar-refractivity contribution is 6.04. The van der Waals surface area contributed by atoms with Crippen LogP contribution in [0.2, 0.25) is 0 Å². The molecule has 6 heteroatoms. The highest BCUT2D eigenvalue weighted by Crippen LogP contribution is 2.34. The van der Waals surface area contributed by atoms with Gasteiger partial charge < -0.3 is 10.6 Å². The molecule has 0 saturated heterocycles. The molecule has 132 valence electrons. The standard InChI is InChI=1S/C20H21N5O/c1-12-21-18-10-8-15(11-25(18)24-12)22-20(26)23-17-9-7-14-6-5-13-3-2-4-16(17)19(13)14/h2-4,7,9,15H,5-6,8,10-11H2,1H3,(H2,22,23,26). The molecule has 0 radical (unpaired) electrons. The molecule has 5 rings (SSSR count). The molecule has 1 aliphatic carbocycles. The van der Waals surface area contributed by atoms with E-state index in [1.807, 2.05) is 17.7 Å². The molecule has 2 amide bonds. The molecular formula is C20H21N5O. The molecular weight excluding hydrogens is 326 g/mol. The van der Waals surface area contributed by atoms with Gasteiger partial charge in [0.05, 0.1) is 18.3 Å². The smallest absolute Gasteiger partial charge is 0.319 e. The SMILES string of the molecule is Cc1nc2n(n1)CC(NC(=O)Nc1ccc3c4c(cccc14)CC3)CC2. The van der Waals surface area contributed by atoms with Crippen molar-refractivity contribution in [3.63, 3.8) is 0 Å². The molecule has 2 heterocycles. The molecule has 2 aliphatic rings. The van der Waals surface area contributed by atoms with Crippen LogP contribution in [0.1, 0.15) is 29.2 Å². The van der Waals surface area contributed by atoms with E-state index in [0.717, 1.165) is 48.4 Å². The molecule has 3 aromatic rings. The molecule has 2 N–H and O–H groups in total. The molecule has 1 aromatic heterocycles. The Labute approximate surface area is 151 Å². The lowest BCUT2D eigenvalue weighted by atomic mass is 10.0. The Balaban J connectivity index is 1.33. The van der Waals surface area contributed by atoms with Gasteiger partial charge in [-0.05, 0) is 48.8 Å². The van der Waals surface area contributed by atoms with Crippen molar-refractivity contribution in [1.82, 2.24) is 20.1 Å². The third-order valence-corrected chi connectivity index (χ3v) is 5.42. The Bertz CT molecular complexity index is 1010. The topological polar surface area (TPSA) is 71.8 Å². The molecule has 1 aliphatic heterocycles. The van der Waals surface area contributed by atoms with E-state index >= 15 is 0 Å². The lowest BCUT2D eigenvalue weighted by molar-refractivity contribution is 0.243. The summed E-state index contributed by atoms with van der Waals surface area (Å²) in [5, 5.41) is 13.0. The van der Waals surface area contributed by atoms with Crippen molar-refractivity contribution < 1.29 is 4.79 Å². The van der Waals surface area contributed by atoms with Crippen molar-refractivity contribution in [3.8, 4) is 0 Å². The number of aromatic nitrogens is 3. The number of carbonyl (C=O) groups excluding carboxylic acids is 1. The lowest BCUT2D eigenvalue weighted by Gasteiger charge is -2.23. The fraction of sp³-hybridized carbons (Fsp3) is 0.350. The third kappa shape index (κ3) is 2.53. The van der Waals surface area contributed by atoms with Gasteiger partial charge in [0, 0.05) is 11.8 Å². The van der Waals surface area contributed by atoms with Gasteiger partial charge in [0.15, 0.2) is 0 Å². The van der Waals surface area contributed by atoms with Crippen LogP contribution >= 0.6 is 0 Å². The maximum absolute atomic E-state index is 12.6. The van der Waals surface area contributed by atoms with E-state index in [0.29, 0.717) is 6.54 Å².